The number of aromatic nitrogens is 6. The second kappa shape index (κ2) is 6.86. The van der Waals surface area contributed by atoms with Gasteiger partial charge in [-0.1, -0.05) is 0 Å². The molecular weight excluding hydrogens is 330 g/mol. The molecule has 26 heavy (non-hydrogen) atoms. The van der Waals surface area contributed by atoms with Crippen LogP contribution in [0.2, 0.25) is 0 Å². The lowest BCUT2D eigenvalue weighted by Crippen LogP contribution is -2.39. The number of carbonyl (C=O) groups is 1. The molecule has 4 heterocycles. The van der Waals surface area contributed by atoms with Crippen LogP contribution in [0.25, 0.3) is 5.78 Å². The van der Waals surface area contributed by atoms with E-state index in [2.05, 4.69) is 25.0 Å². The summed E-state index contributed by atoms with van der Waals surface area (Å²) >= 11 is 0. The summed E-state index contributed by atoms with van der Waals surface area (Å²) in [6.45, 7) is 4.76. The third kappa shape index (κ3) is 2.95. The highest BCUT2D eigenvalue weighted by atomic mass is 16.2. The molecule has 8 nitrogen and oxygen atoms in total. The van der Waals surface area contributed by atoms with Gasteiger partial charge >= 0.3 is 0 Å². The minimum Gasteiger partial charge on any atom is -0.347 e. The number of nitrogens with one attached hydrogen (secondary N) is 1. The highest BCUT2D eigenvalue weighted by Crippen LogP contribution is 2.29. The van der Waals surface area contributed by atoms with Crippen molar-refractivity contribution in [2.75, 3.05) is 6.54 Å². The first kappa shape index (κ1) is 16.7. The fraction of sp³-hybridized carbons (Fsp3) is 0.500. The van der Waals surface area contributed by atoms with Crippen molar-refractivity contribution in [3.8, 4) is 0 Å². The molecule has 0 saturated carbocycles. The second-order valence-corrected chi connectivity index (χ2v) is 6.81. The van der Waals surface area contributed by atoms with Crippen molar-refractivity contribution < 1.29 is 4.79 Å². The third-order valence-corrected chi connectivity index (χ3v) is 5.24. The van der Waals surface area contributed by atoms with Gasteiger partial charge in [0, 0.05) is 36.7 Å². The van der Waals surface area contributed by atoms with Crippen molar-refractivity contribution in [3.05, 3.63) is 41.5 Å². The van der Waals surface area contributed by atoms with E-state index in [1.54, 1.807) is 10.7 Å². The minimum atomic E-state index is 0.0596. The number of amides is 1. The Morgan fingerprint density at radius 2 is 2.19 bits per heavy atom. The van der Waals surface area contributed by atoms with Gasteiger partial charge < -0.3 is 9.88 Å². The lowest BCUT2D eigenvalue weighted by molar-refractivity contribution is -0.135. The van der Waals surface area contributed by atoms with Crippen LogP contribution in [0.5, 0.6) is 0 Å². The Bertz CT molecular complexity index is 915. The monoisotopic (exact) mass is 353 g/mol. The molecule has 0 bridgehead atoms. The molecular formula is C18H23N7O. The molecule has 3 aromatic rings. The Labute approximate surface area is 151 Å². The van der Waals surface area contributed by atoms with Crippen LogP contribution in [0.15, 0.2) is 18.7 Å². The quantitative estimate of drug-likeness (QED) is 0.776. The zero-order valence-corrected chi connectivity index (χ0v) is 15.1. The van der Waals surface area contributed by atoms with Crippen LogP contribution in [-0.2, 0) is 11.2 Å². The van der Waals surface area contributed by atoms with Gasteiger partial charge in [-0.3, -0.25) is 4.79 Å². The number of carbonyl (C=O) groups excluding carboxylic acids is 1. The van der Waals surface area contributed by atoms with E-state index < -0.39 is 0 Å². The normalized spacial score (nSPS) is 17.8. The number of H-pyrrole nitrogens is 1. The maximum absolute atomic E-state index is 12.9. The number of likely N-dealkylation sites (tertiary alicyclic amines) is 1. The van der Waals surface area contributed by atoms with Crippen LogP contribution < -0.4 is 0 Å². The Hall–Kier alpha value is -2.77. The number of aryl methyl sites for hydroxylation is 2. The molecule has 1 fully saturated rings. The molecule has 1 N–H and O–H groups in total. The Morgan fingerprint density at radius 1 is 1.31 bits per heavy atom. The van der Waals surface area contributed by atoms with Crippen molar-refractivity contribution in [1.29, 1.82) is 0 Å². The SMILES string of the molecule is Cc1nc2ncnn2c(C)c1CCC(=O)N1CCCCC1c1ncc[nH]1. The van der Waals surface area contributed by atoms with E-state index in [0.717, 1.165) is 48.6 Å². The predicted octanol–water partition coefficient (Wildman–Crippen LogP) is 2.15. The van der Waals surface area contributed by atoms with Crippen LogP contribution in [0.3, 0.4) is 0 Å². The van der Waals surface area contributed by atoms with E-state index in [9.17, 15) is 4.79 Å². The summed E-state index contributed by atoms with van der Waals surface area (Å²) in [6.07, 6.45) is 9.32. The molecule has 3 aromatic heterocycles. The van der Waals surface area contributed by atoms with Gasteiger partial charge in [-0.2, -0.15) is 10.1 Å². The summed E-state index contributed by atoms with van der Waals surface area (Å²) < 4.78 is 1.74. The van der Waals surface area contributed by atoms with E-state index in [-0.39, 0.29) is 11.9 Å². The Balaban J connectivity index is 1.51. The van der Waals surface area contributed by atoms with Gasteiger partial charge in [0.05, 0.1) is 6.04 Å². The number of hydrogen-bond donors (Lipinski definition) is 1. The largest absolute Gasteiger partial charge is 0.347 e. The van der Waals surface area contributed by atoms with Crippen molar-refractivity contribution in [2.45, 2.75) is 52.0 Å². The lowest BCUT2D eigenvalue weighted by atomic mass is 9.99. The molecule has 0 aliphatic carbocycles. The molecule has 0 spiro atoms. The minimum absolute atomic E-state index is 0.0596. The maximum atomic E-state index is 12.9. The van der Waals surface area contributed by atoms with Gasteiger partial charge in [-0.15, -0.1) is 0 Å². The Kier molecular flexibility index (Phi) is 4.40. The fourth-order valence-electron chi connectivity index (χ4n) is 3.87. The molecule has 4 rings (SSSR count). The maximum Gasteiger partial charge on any atom is 0.252 e. The van der Waals surface area contributed by atoms with E-state index in [1.807, 2.05) is 24.9 Å². The van der Waals surface area contributed by atoms with Crippen LogP contribution in [-0.4, -0.2) is 46.9 Å². The zero-order valence-electron chi connectivity index (χ0n) is 15.1. The summed E-state index contributed by atoms with van der Waals surface area (Å²) in [5.41, 5.74) is 2.99. The number of nitrogens with zero attached hydrogens (tertiary/aromatic N) is 6. The lowest BCUT2D eigenvalue weighted by Gasteiger charge is -2.34. The van der Waals surface area contributed by atoms with E-state index >= 15 is 0 Å². The summed E-state index contributed by atoms with van der Waals surface area (Å²) in [6, 6.07) is 0.0596. The second-order valence-electron chi connectivity index (χ2n) is 6.81. The van der Waals surface area contributed by atoms with Crippen LogP contribution in [0.1, 0.15) is 54.5 Å². The van der Waals surface area contributed by atoms with Gasteiger partial charge in [-0.05, 0) is 45.1 Å². The summed E-state index contributed by atoms with van der Waals surface area (Å²) in [4.78, 5) is 31.1. The number of rotatable bonds is 4. The highest BCUT2D eigenvalue weighted by Gasteiger charge is 2.29. The molecule has 1 aliphatic heterocycles. The van der Waals surface area contributed by atoms with Crippen molar-refractivity contribution in [3.63, 3.8) is 0 Å². The molecule has 8 heteroatoms. The molecule has 136 valence electrons. The first-order valence-electron chi connectivity index (χ1n) is 9.09. The number of hydrogen-bond acceptors (Lipinski definition) is 5. The Morgan fingerprint density at radius 3 is 3.00 bits per heavy atom. The number of imidazole rings is 1. The first-order valence-corrected chi connectivity index (χ1v) is 9.09. The van der Waals surface area contributed by atoms with Crippen LogP contribution >= 0.6 is 0 Å². The average Bonchev–Trinajstić information content (AvgIpc) is 3.33. The van der Waals surface area contributed by atoms with E-state index in [4.69, 9.17) is 0 Å². The molecule has 0 aromatic carbocycles. The topological polar surface area (TPSA) is 92.1 Å². The van der Waals surface area contributed by atoms with Crippen LogP contribution in [0.4, 0.5) is 0 Å². The van der Waals surface area contributed by atoms with Gasteiger partial charge in [0.1, 0.15) is 12.2 Å². The van der Waals surface area contributed by atoms with Crippen molar-refractivity contribution >= 4 is 11.7 Å². The van der Waals surface area contributed by atoms with Crippen LogP contribution in [0, 0.1) is 13.8 Å². The molecule has 1 amide bonds. The molecule has 1 saturated heterocycles. The number of aromatic amines is 1. The summed E-state index contributed by atoms with van der Waals surface area (Å²) in [7, 11) is 0. The third-order valence-electron chi connectivity index (χ3n) is 5.24. The summed E-state index contributed by atoms with van der Waals surface area (Å²) in [5.74, 6) is 1.66. The molecule has 1 atom stereocenters. The predicted molar refractivity (Wildman–Crippen MR) is 95.5 cm³/mol. The van der Waals surface area contributed by atoms with Crippen molar-refractivity contribution in [2.24, 2.45) is 0 Å². The molecule has 0 radical (unpaired) electrons. The average molecular weight is 353 g/mol. The standard InChI is InChI=1S/C18H23N7O/c1-12-14(13(2)25-18(23-12)21-11-22-25)6-7-16(26)24-10-4-3-5-15(24)17-19-8-9-20-17/h8-9,11,15H,3-7,10H2,1-2H3,(H,19,20). The first-order chi connectivity index (χ1) is 12.6. The zero-order chi connectivity index (χ0) is 18.1. The molecule has 1 aliphatic rings. The highest BCUT2D eigenvalue weighted by molar-refractivity contribution is 5.77. The summed E-state index contributed by atoms with van der Waals surface area (Å²) in [5, 5.41) is 4.22. The van der Waals surface area contributed by atoms with Gasteiger partial charge in [0.25, 0.3) is 5.78 Å². The van der Waals surface area contributed by atoms with E-state index in [0.29, 0.717) is 18.6 Å². The molecule has 1 unspecified atom stereocenters. The van der Waals surface area contributed by atoms with Gasteiger partial charge in [0.2, 0.25) is 5.91 Å². The van der Waals surface area contributed by atoms with Gasteiger partial charge in [-0.25, -0.2) is 14.5 Å². The number of piperidine rings is 1. The number of fused-ring (bicyclic) bond motifs is 1. The van der Waals surface area contributed by atoms with Crippen molar-refractivity contribution in [1.82, 2.24) is 34.4 Å². The fourth-order valence-corrected chi connectivity index (χ4v) is 3.87. The smallest absolute Gasteiger partial charge is 0.252 e. The van der Waals surface area contributed by atoms with Gasteiger partial charge in [0.15, 0.2) is 0 Å². The van der Waals surface area contributed by atoms with E-state index in [1.165, 1.54) is 6.33 Å².